The molecule has 1 aliphatic rings. The van der Waals surface area contributed by atoms with Crippen LogP contribution >= 0.6 is 0 Å². The Bertz CT molecular complexity index is 1240. The minimum absolute atomic E-state index is 0.0705. The van der Waals surface area contributed by atoms with E-state index in [0.29, 0.717) is 54.9 Å². The second kappa shape index (κ2) is 9.36. The topological polar surface area (TPSA) is 95.5 Å². The summed E-state index contributed by atoms with van der Waals surface area (Å²) in [7, 11) is 0. The smallest absolute Gasteiger partial charge is 0.253 e. The summed E-state index contributed by atoms with van der Waals surface area (Å²) in [6, 6.07) is 12.3. The summed E-state index contributed by atoms with van der Waals surface area (Å²) in [6.45, 7) is 7.29. The van der Waals surface area contributed by atoms with E-state index in [2.05, 4.69) is 15.3 Å². The highest BCUT2D eigenvalue weighted by atomic mass is 16.2. The molecule has 0 radical (unpaired) electrons. The lowest BCUT2D eigenvalue weighted by molar-refractivity contribution is -0.114. The van der Waals surface area contributed by atoms with E-state index in [-0.39, 0.29) is 17.7 Å². The number of anilines is 1. The first kappa shape index (κ1) is 22.4. The van der Waals surface area contributed by atoms with E-state index in [4.69, 9.17) is 0 Å². The van der Waals surface area contributed by atoms with Gasteiger partial charge in [0.15, 0.2) is 0 Å². The molecule has 0 unspecified atom stereocenters. The molecule has 0 bridgehead atoms. The highest BCUT2D eigenvalue weighted by Gasteiger charge is 2.24. The van der Waals surface area contributed by atoms with Crippen molar-refractivity contribution in [2.45, 2.75) is 27.2 Å². The van der Waals surface area contributed by atoms with Gasteiger partial charge in [0.25, 0.3) is 11.8 Å². The first-order valence-electron chi connectivity index (χ1n) is 11.0. The van der Waals surface area contributed by atoms with Crippen molar-refractivity contribution in [2.75, 3.05) is 31.5 Å². The van der Waals surface area contributed by atoms with E-state index < -0.39 is 0 Å². The second-order valence-electron chi connectivity index (χ2n) is 8.30. The largest absolute Gasteiger partial charge is 0.337 e. The van der Waals surface area contributed by atoms with E-state index in [1.807, 2.05) is 19.9 Å². The Morgan fingerprint density at radius 2 is 1.39 bits per heavy atom. The van der Waals surface area contributed by atoms with Crippen LogP contribution in [0, 0.1) is 13.8 Å². The number of hydrogen-bond donors (Lipinski definition) is 1. The van der Waals surface area contributed by atoms with Crippen molar-refractivity contribution in [3.63, 3.8) is 0 Å². The van der Waals surface area contributed by atoms with Gasteiger partial charge in [0.1, 0.15) is 0 Å². The number of amides is 3. The Morgan fingerprint density at radius 1 is 0.788 bits per heavy atom. The van der Waals surface area contributed by atoms with Gasteiger partial charge in [-0.15, -0.1) is 0 Å². The van der Waals surface area contributed by atoms with Crippen molar-refractivity contribution in [1.82, 2.24) is 19.8 Å². The van der Waals surface area contributed by atoms with Crippen molar-refractivity contribution in [2.24, 2.45) is 0 Å². The van der Waals surface area contributed by atoms with Gasteiger partial charge in [0.05, 0.1) is 22.4 Å². The fraction of sp³-hybridized carbons (Fsp3) is 0.320. The van der Waals surface area contributed by atoms with Gasteiger partial charge in [-0.2, -0.15) is 0 Å². The van der Waals surface area contributed by atoms with Crippen LogP contribution in [0.1, 0.15) is 45.4 Å². The molecule has 4 rings (SSSR count). The van der Waals surface area contributed by atoms with Crippen LogP contribution < -0.4 is 5.32 Å². The highest BCUT2D eigenvalue weighted by molar-refractivity contribution is 5.98. The molecule has 33 heavy (non-hydrogen) atoms. The van der Waals surface area contributed by atoms with Crippen LogP contribution in [0.3, 0.4) is 0 Å². The lowest BCUT2D eigenvalue weighted by Gasteiger charge is -2.22. The Kier molecular flexibility index (Phi) is 6.35. The molecule has 0 saturated carbocycles. The standard InChI is InChI=1S/C25H27N5O3/c1-16-17(2)27-23-15-20(8-9-22(23)26-16)25(33)30-11-5-10-29(12-13-30)24(32)19-6-4-7-21(14-19)28-18(3)31/h4,6-9,14-15H,5,10-13H2,1-3H3,(H,28,31). The average Bonchev–Trinajstić information content (AvgIpc) is 3.05. The predicted octanol–water partition coefficient (Wildman–Crippen LogP) is 3.19. The van der Waals surface area contributed by atoms with Crippen molar-refractivity contribution in [3.8, 4) is 0 Å². The summed E-state index contributed by atoms with van der Waals surface area (Å²) >= 11 is 0. The second-order valence-corrected chi connectivity index (χ2v) is 8.30. The van der Waals surface area contributed by atoms with Crippen LogP contribution in [0.15, 0.2) is 42.5 Å². The SMILES string of the molecule is CC(=O)Nc1cccc(C(=O)N2CCCN(C(=O)c3ccc4nc(C)c(C)nc4c3)CC2)c1. The number of rotatable bonds is 3. The molecule has 1 aliphatic heterocycles. The molecule has 3 amide bonds. The van der Waals surface area contributed by atoms with Crippen LogP contribution in [0.25, 0.3) is 11.0 Å². The molecule has 8 nitrogen and oxygen atoms in total. The Hall–Kier alpha value is -3.81. The van der Waals surface area contributed by atoms with E-state index in [1.54, 1.807) is 46.2 Å². The third-order valence-electron chi connectivity index (χ3n) is 5.82. The number of aryl methyl sites for hydroxylation is 2. The molecule has 0 atom stereocenters. The number of carbonyl (C=O) groups is 3. The fourth-order valence-electron chi connectivity index (χ4n) is 3.99. The van der Waals surface area contributed by atoms with Crippen molar-refractivity contribution in [3.05, 3.63) is 65.0 Å². The van der Waals surface area contributed by atoms with Gasteiger partial charge in [0, 0.05) is 49.9 Å². The summed E-state index contributed by atoms with van der Waals surface area (Å²) in [4.78, 5) is 50.2. The van der Waals surface area contributed by atoms with Gasteiger partial charge >= 0.3 is 0 Å². The lowest BCUT2D eigenvalue weighted by atomic mass is 10.1. The average molecular weight is 446 g/mol. The number of carbonyl (C=O) groups excluding carboxylic acids is 3. The summed E-state index contributed by atoms with van der Waals surface area (Å²) in [5.41, 5.74) is 4.87. The van der Waals surface area contributed by atoms with Gasteiger partial charge in [-0.3, -0.25) is 14.4 Å². The molecule has 170 valence electrons. The van der Waals surface area contributed by atoms with E-state index in [1.165, 1.54) is 6.92 Å². The molecule has 1 N–H and O–H groups in total. The van der Waals surface area contributed by atoms with Gasteiger partial charge in [0.2, 0.25) is 5.91 Å². The number of fused-ring (bicyclic) bond motifs is 1. The van der Waals surface area contributed by atoms with Gasteiger partial charge in [-0.25, -0.2) is 9.97 Å². The summed E-state index contributed by atoms with van der Waals surface area (Å²) in [5, 5.41) is 2.70. The molecule has 2 heterocycles. The quantitative estimate of drug-likeness (QED) is 0.668. The molecule has 0 spiro atoms. The van der Waals surface area contributed by atoms with E-state index >= 15 is 0 Å². The Balaban J connectivity index is 1.46. The summed E-state index contributed by atoms with van der Waals surface area (Å²) in [6.07, 6.45) is 0.689. The maximum Gasteiger partial charge on any atom is 0.253 e. The number of nitrogens with zero attached hydrogens (tertiary/aromatic N) is 4. The third kappa shape index (κ3) is 5.00. The zero-order chi connectivity index (χ0) is 23.5. The van der Waals surface area contributed by atoms with Crippen LogP contribution in [0.4, 0.5) is 5.69 Å². The van der Waals surface area contributed by atoms with Crippen molar-refractivity contribution in [1.29, 1.82) is 0 Å². The zero-order valence-corrected chi connectivity index (χ0v) is 19.1. The Labute approximate surface area is 192 Å². The normalized spacial score (nSPS) is 14.2. The maximum absolute atomic E-state index is 13.2. The monoisotopic (exact) mass is 445 g/mol. The molecule has 8 heteroatoms. The van der Waals surface area contributed by atoms with Crippen LogP contribution in [-0.4, -0.2) is 63.7 Å². The number of hydrogen-bond acceptors (Lipinski definition) is 5. The third-order valence-corrected chi connectivity index (χ3v) is 5.82. The Morgan fingerprint density at radius 3 is 2.03 bits per heavy atom. The number of nitrogens with one attached hydrogen (secondary N) is 1. The lowest BCUT2D eigenvalue weighted by Crippen LogP contribution is -2.37. The van der Waals surface area contributed by atoms with Crippen molar-refractivity contribution < 1.29 is 14.4 Å². The molecule has 1 fully saturated rings. The zero-order valence-electron chi connectivity index (χ0n) is 19.1. The fourth-order valence-corrected chi connectivity index (χ4v) is 3.99. The summed E-state index contributed by atoms with van der Waals surface area (Å²) in [5.74, 6) is -0.365. The predicted molar refractivity (Wildman–Crippen MR) is 126 cm³/mol. The molecule has 3 aromatic rings. The molecular weight excluding hydrogens is 418 g/mol. The first-order valence-corrected chi connectivity index (χ1v) is 11.0. The first-order chi connectivity index (χ1) is 15.8. The van der Waals surface area contributed by atoms with Crippen LogP contribution in [0.5, 0.6) is 0 Å². The minimum Gasteiger partial charge on any atom is -0.337 e. The maximum atomic E-state index is 13.2. The van der Waals surface area contributed by atoms with Crippen LogP contribution in [-0.2, 0) is 4.79 Å². The van der Waals surface area contributed by atoms with Gasteiger partial charge in [-0.1, -0.05) is 6.07 Å². The van der Waals surface area contributed by atoms with Gasteiger partial charge < -0.3 is 15.1 Å². The van der Waals surface area contributed by atoms with E-state index in [9.17, 15) is 14.4 Å². The minimum atomic E-state index is -0.187. The van der Waals surface area contributed by atoms with E-state index in [0.717, 1.165) is 16.9 Å². The van der Waals surface area contributed by atoms with Crippen LogP contribution in [0.2, 0.25) is 0 Å². The number of benzene rings is 2. The van der Waals surface area contributed by atoms with Crippen molar-refractivity contribution >= 4 is 34.4 Å². The molecule has 1 saturated heterocycles. The number of aromatic nitrogens is 2. The molecule has 0 aliphatic carbocycles. The highest BCUT2D eigenvalue weighted by Crippen LogP contribution is 2.18. The van der Waals surface area contributed by atoms with Gasteiger partial charge in [-0.05, 0) is 56.7 Å². The summed E-state index contributed by atoms with van der Waals surface area (Å²) < 4.78 is 0. The molecular formula is C25H27N5O3. The molecule has 1 aromatic heterocycles. The molecule has 2 aromatic carbocycles.